The van der Waals surface area contributed by atoms with Crippen molar-refractivity contribution in [2.75, 3.05) is 24.5 Å². The number of aryl methyl sites for hydroxylation is 1. The molecule has 1 aromatic carbocycles. The van der Waals surface area contributed by atoms with Crippen molar-refractivity contribution in [2.45, 2.75) is 31.9 Å². The highest BCUT2D eigenvalue weighted by atomic mass is 19.4. The number of piperidine rings is 1. The van der Waals surface area contributed by atoms with Crippen LogP contribution in [0.15, 0.2) is 24.3 Å². The van der Waals surface area contributed by atoms with E-state index >= 15 is 0 Å². The van der Waals surface area contributed by atoms with Gasteiger partial charge in [-0.25, -0.2) is 0 Å². The number of nitrogens with zero attached hydrogens (tertiary/aromatic N) is 2. The highest BCUT2D eigenvalue weighted by Crippen LogP contribution is 2.31. The molecule has 2 heterocycles. The fraction of sp³-hybridized carbons (Fsp3) is 0.529. The summed E-state index contributed by atoms with van der Waals surface area (Å²) in [4.78, 5) is 26.6. The fourth-order valence-electron chi connectivity index (χ4n) is 3.49. The number of benzene rings is 1. The maximum Gasteiger partial charge on any atom is 0.471 e. The van der Waals surface area contributed by atoms with E-state index in [0.717, 1.165) is 29.0 Å². The Morgan fingerprint density at radius 3 is 2.38 bits per heavy atom. The standard InChI is InChI=1S/C17H19F3N2O2/c18-17(19,20)16(24)21-10-7-13(8-11-21)15(23)22-9-3-5-12-4-1-2-6-14(12)22/h1-2,4,6,13H,3,5,7-11H2. The second kappa shape index (κ2) is 6.45. The third kappa shape index (κ3) is 3.25. The molecule has 3 rings (SSSR count). The van der Waals surface area contributed by atoms with Crippen molar-refractivity contribution >= 4 is 17.5 Å². The zero-order valence-corrected chi connectivity index (χ0v) is 13.2. The van der Waals surface area contributed by atoms with E-state index in [1.165, 1.54) is 0 Å². The Morgan fingerprint density at radius 2 is 1.71 bits per heavy atom. The van der Waals surface area contributed by atoms with Crippen LogP contribution in [0.1, 0.15) is 24.8 Å². The first-order valence-corrected chi connectivity index (χ1v) is 8.13. The minimum atomic E-state index is -4.84. The Kier molecular flexibility index (Phi) is 4.51. The zero-order chi connectivity index (χ0) is 17.3. The van der Waals surface area contributed by atoms with Gasteiger partial charge in [0.25, 0.3) is 0 Å². The number of hydrogen-bond acceptors (Lipinski definition) is 2. The van der Waals surface area contributed by atoms with Gasteiger partial charge in [-0.2, -0.15) is 13.2 Å². The molecule has 7 heteroatoms. The lowest BCUT2D eigenvalue weighted by atomic mass is 9.93. The number of anilines is 1. The second-order valence-corrected chi connectivity index (χ2v) is 6.29. The van der Waals surface area contributed by atoms with Gasteiger partial charge in [0.2, 0.25) is 5.91 Å². The molecule has 24 heavy (non-hydrogen) atoms. The predicted octanol–water partition coefficient (Wildman–Crippen LogP) is 2.77. The summed E-state index contributed by atoms with van der Waals surface area (Å²) in [5.41, 5.74) is 2.03. The summed E-state index contributed by atoms with van der Waals surface area (Å²) in [5, 5.41) is 0. The van der Waals surface area contributed by atoms with E-state index in [4.69, 9.17) is 0 Å². The normalized spacial score (nSPS) is 19.1. The third-order valence-electron chi connectivity index (χ3n) is 4.75. The van der Waals surface area contributed by atoms with Gasteiger partial charge >= 0.3 is 12.1 Å². The van der Waals surface area contributed by atoms with Crippen LogP contribution in [0, 0.1) is 5.92 Å². The number of amides is 2. The average Bonchev–Trinajstić information content (AvgIpc) is 2.59. The summed E-state index contributed by atoms with van der Waals surface area (Å²) in [5.74, 6) is -2.17. The summed E-state index contributed by atoms with van der Waals surface area (Å²) in [6, 6.07) is 7.73. The first kappa shape index (κ1) is 16.8. The molecule has 0 radical (unpaired) electrons. The number of hydrogen-bond donors (Lipinski definition) is 0. The molecule has 1 saturated heterocycles. The Hall–Kier alpha value is -2.05. The minimum absolute atomic E-state index is 0.0236. The minimum Gasteiger partial charge on any atom is -0.335 e. The molecular weight excluding hydrogens is 321 g/mol. The lowest BCUT2D eigenvalue weighted by molar-refractivity contribution is -0.186. The van der Waals surface area contributed by atoms with E-state index in [1.807, 2.05) is 24.3 Å². The van der Waals surface area contributed by atoms with Crippen molar-refractivity contribution in [2.24, 2.45) is 5.92 Å². The van der Waals surface area contributed by atoms with Crippen LogP contribution in [0.5, 0.6) is 0 Å². The number of likely N-dealkylation sites (tertiary alicyclic amines) is 1. The summed E-state index contributed by atoms with van der Waals surface area (Å²) < 4.78 is 37.4. The van der Waals surface area contributed by atoms with E-state index in [0.29, 0.717) is 6.54 Å². The zero-order valence-electron chi connectivity index (χ0n) is 13.2. The number of fused-ring (bicyclic) bond motifs is 1. The smallest absolute Gasteiger partial charge is 0.335 e. The van der Waals surface area contributed by atoms with Crippen molar-refractivity contribution in [3.8, 4) is 0 Å². The van der Waals surface area contributed by atoms with Crippen LogP contribution in [0.3, 0.4) is 0 Å². The van der Waals surface area contributed by atoms with Crippen molar-refractivity contribution in [1.29, 1.82) is 0 Å². The van der Waals surface area contributed by atoms with Gasteiger partial charge in [0.1, 0.15) is 0 Å². The van der Waals surface area contributed by atoms with Gasteiger partial charge in [0.15, 0.2) is 0 Å². The molecule has 0 aromatic heterocycles. The van der Waals surface area contributed by atoms with Crippen molar-refractivity contribution in [1.82, 2.24) is 4.90 Å². The topological polar surface area (TPSA) is 40.6 Å². The molecule has 2 amide bonds. The molecule has 2 aliphatic rings. The first-order valence-electron chi connectivity index (χ1n) is 8.13. The maximum absolute atomic E-state index is 12.8. The number of para-hydroxylation sites is 1. The molecule has 0 unspecified atom stereocenters. The van der Waals surface area contributed by atoms with Crippen molar-refractivity contribution in [3.05, 3.63) is 29.8 Å². The van der Waals surface area contributed by atoms with Crippen molar-refractivity contribution in [3.63, 3.8) is 0 Å². The monoisotopic (exact) mass is 340 g/mol. The molecule has 0 aliphatic carbocycles. The molecule has 1 fully saturated rings. The number of carbonyl (C=O) groups excluding carboxylic acids is 2. The largest absolute Gasteiger partial charge is 0.471 e. The molecule has 2 aliphatic heterocycles. The van der Waals surface area contributed by atoms with Crippen molar-refractivity contribution < 1.29 is 22.8 Å². The van der Waals surface area contributed by atoms with E-state index in [9.17, 15) is 22.8 Å². The average molecular weight is 340 g/mol. The molecule has 0 spiro atoms. The van der Waals surface area contributed by atoms with E-state index in [1.54, 1.807) is 4.90 Å². The predicted molar refractivity (Wildman–Crippen MR) is 82.5 cm³/mol. The lowest BCUT2D eigenvalue weighted by Crippen LogP contribution is -2.48. The Labute approximate surface area is 138 Å². The number of carbonyl (C=O) groups is 2. The SMILES string of the molecule is O=C(C1CCN(C(=O)C(F)(F)F)CC1)N1CCCc2ccccc21. The number of alkyl halides is 3. The van der Waals surface area contributed by atoms with Crippen LogP contribution in [-0.2, 0) is 16.0 Å². The molecule has 0 atom stereocenters. The maximum atomic E-state index is 12.8. The van der Waals surface area contributed by atoms with Gasteiger partial charge in [0.05, 0.1) is 0 Å². The molecule has 4 nitrogen and oxygen atoms in total. The number of halogens is 3. The quantitative estimate of drug-likeness (QED) is 0.789. The second-order valence-electron chi connectivity index (χ2n) is 6.29. The lowest BCUT2D eigenvalue weighted by Gasteiger charge is -2.36. The third-order valence-corrected chi connectivity index (χ3v) is 4.75. The molecule has 130 valence electrons. The van der Waals surface area contributed by atoms with Gasteiger partial charge in [-0.05, 0) is 37.3 Å². The number of rotatable bonds is 1. The fourth-order valence-corrected chi connectivity index (χ4v) is 3.49. The van der Waals surface area contributed by atoms with Crippen LogP contribution in [0.4, 0.5) is 18.9 Å². The van der Waals surface area contributed by atoms with Crippen LogP contribution < -0.4 is 4.90 Å². The van der Waals surface area contributed by atoms with Gasteiger partial charge in [0, 0.05) is 31.2 Å². The summed E-state index contributed by atoms with van der Waals surface area (Å²) in [6.07, 6.45) is -2.48. The van der Waals surface area contributed by atoms with Crippen LogP contribution in [0.25, 0.3) is 0 Å². The Balaban J connectivity index is 1.65. The molecule has 0 N–H and O–H groups in total. The summed E-state index contributed by atoms with van der Waals surface area (Å²) in [7, 11) is 0. The van der Waals surface area contributed by atoms with Gasteiger partial charge in [-0.15, -0.1) is 0 Å². The van der Waals surface area contributed by atoms with Gasteiger partial charge in [-0.3, -0.25) is 9.59 Å². The molecular formula is C17H19F3N2O2. The van der Waals surface area contributed by atoms with E-state index in [2.05, 4.69) is 0 Å². The van der Waals surface area contributed by atoms with Crippen LogP contribution in [0.2, 0.25) is 0 Å². The summed E-state index contributed by atoms with van der Waals surface area (Å²) in [6.45, 7) is 0.589. The van der Waals surface area contributed by atoms with Gasteiger partial charge in [-0.1, -0.05) is 18.2 Å². The Bertz CT molecular complexity index is 637. The van der Waals surface area contributed by atoms with E-state index in [-0.39, 0.29) is 37.8 Å². The van der Waals surface area contributed by atoms with Crippen LogP contribution in [-0.4, -0.2) is 42.5 Å². The summed E-state index contributed by atoms with van der Waals surface area (Å²) >= 11 is 0. The molecule has 0 bridgehead atoms. The molecule has 0 saturated carbocycles. The molecule has 1 aromatic rings. The van der Waals surface area contributed by atoms with Crippen LogP contribution >= 0.6 is 0 Å². The van der Waals surface area contributed by atoms with Gasteiger partial charge < -0.3 is 9.80 Å². The highest BCUT2D eigenvalue weighted by Gasteiger charge is 2.44. The first-order chi connectivity index (χ1) is 11.4. The highest BCUT2D eigenvalue weighted by molar-refractivity contribution is 5.96. The van der Waals surface area contributed by atoms with E-state index < -0.39 is 12.1 Å². The Morgan fingerprint density at radius 1 is 1.04 bits per heavy atom.